The minimum atomic E-state index is -0.444. The molecule has 0 unspecified atom stereocenters. The van der Waals surface area contributed by atoms with E-state index >= 15 is 0 Å². The lowest BCUT2D eigenvalue weighted by Crippen LogP contribution is -2.12. The Hall–Kier alpha value is -2.44. The summed E-state index contributed by atoms with van der Waals surface area (Å²) in [6, 6.07) is 7.61. The first kappa shape index (κ1) is 15.0. The van der Waals surface area contributed by atoms with Crippen molar-refractivity contribution >= 4 is 7.69 Å². The Morgan fingerprint density at radius 1 is 0.714 bits per heavy atom. The largest absolute Gasteiger partial charge is 0.658 e. The summed E-state index contributed by atoms with van der Waals surface area (Å²) in [5.41, 5.74) is 0. The lowest BCUT2D eigenvalue weighted by molar-refractivity contribution is 0.367. The van der Waals surface area contributed by atoms with Gasteiger partial charge in [-0.15, -0.1) is 0 Å². The van der Waals surface area contributed by atoms with Gasteiger partial charge in [-0.1, -0.05) is 0 Å². The summed E-state index contributed by atoms with van der Waals surface area (Å²) in [6.07, 6.45) is 0. The second-order valence-electron chi connectivity index (χ2n) is 3.92. The van der Waals surface area contributed by atoms with E-state index in [1.54, 1.807) is 0 Å². The van der Waals surface area contributed by atoms with Crippen molar-refractivity contribution in [1.82, 2.24) is 0 Å². The van der Waals surface area contributed by atoms with Crippen molar-refractivity contribution in [3.8, 4) is 23.0 Å². The molecule has 0 aliphatic rings. The van der Waals surface area contributed by atoms with Gasteiger partial charge in [-0.05, 0) is 24.3 Å². The smallest absolute Gasteiger partial charge is 0.524 e. The molecule has 0 spiro atoms. The van der Waals surface area contributed by atoms with Gasteiger partial charge in [0.1, 0.15) is 23.1 Å². The number of hydrogen-bond acceptors (Lipinski definition) is 4. The predicted octanol–water partition coefficient (Wildman–Crippen LogP) is 2.97. The molecule has 0 bridgehead atoms. The van der Waals surface area contributed by atoms with Gasteiger partial charge in [0.2, 0.25) is 0 Å². The molecule has 0 aromatic heterocycles. The molecule has 0 saturated heterocycles. The highest BCUT2D eigenvalue weighted by atomic mass is 19.1. The zero-order valence-corrected chi connectivity index (χ0v) is 11.4. The van der Waals surface area contributed by atoms with Crippen molar-refractivity contribution in [3.63, 3.8) is 0 Å². The van der Waals surface area contributed by atoms with Crippen molar-refractivity contribution in [2.45, 2.75) is 0 Å². The zero-order valence-electron chi connectivity index (χ0n) is 11.4. The predicted molar refractivity (Wildman–Crippen MR) is 72.9 cm³/mol. The van der Waals surface area contributed by atoms with Crippen molar-refractivity contribution in [1.29, 1.82) is 0 Å². The van der Waals surface area contributed by atoms with Gasteiger partial charge < -0.3 is 18.8 Å². The van der Waals surface area contributed by atoms with Crippen LogP contribution in [0.3, 0.4) is 0 Å². The molecule has 0 aliphatic heterocycles. The third-order valence-corrected chi connectivity index (χ3v) is 2.60. The van der Waals surface area contributed by atoms with Crippen LogP contribution in [0.4, 0.5) is 8.78 Å². The quantitative estimate of drug-likeness (QED) is 0.767. The van der Waals surface area contributed by atoms with E-state index in [1.165, 1.54) is 50.6 Å². The van der Waals surface area contributed by atoms with Crippen LogP contribution < -0.4 is 18.8 Å². The molecule has 0 atom stereocenters. The van der Waals surface area contributed by atoms with E-state index in [0.717, 1.165) is 7.69 Å². The van der Waals surface area contributed by atoms with Crippen LogP contribution in [0.25, 0.3) is 0 Å². The van der Waals surface area contributed by atoms with Gasteiger partial charge in [0.05, 0.1) is 14.2 Å². The minimum absolute atomic E-state index is 0.223. The lowest BCUT2D eigenvalue weighted by Gasteiger charge is -2.12. The van der Waals surface area contributed by atoms with Crippen LogP contribution in [-0.2, 0) is 0 Å². The van der Waals surface area contributed by atoms with E-state index in [9.17, 15) is 8.78 Å². The number of rotatable bonds is 6. The number of benzene rings is 2. The molecule has 0 fully saturated rings. The van der Waals surface area contributed by atoms with Crippen molar-refractivity contribution < 1.29 is 27.6 Å². The molecule has 2 rings (SSSR count). The fourth-order valence-electron chi connectivity index (χ4n) is 1.61. The second kappa shape index (κ2) is 6.83. The SMILES string of the molecule is COc1cc(F)ccc1O[B]Oc1ccc(F)cc1OC. The molecule has 7 heteroatoms. The molecule has 4 nitrogen and oxygen atoms in total. The van der Waals surface area contributed by atoms with E-state index in [-0.39, 0.29) is 23.0 Å². The Morgan fingerprint density at radius 2 is 1.14 bits per heavy atom. The van der Waals surface area contributed by atoms with Gasteiger partial charge >= 0.3 is 7.69 Å². The van der Waals surface area contributed by atoms with Crippen molar-refractivity contribution in [2.75, 3.05) is 14.2 Å². The molecular weight excluding hydrogens is 281 g/mol. The Labute approximate surface area is 121 Å². The fourth-order valence-corrected chi connectivity index (χ4v) is 1.61. The van der Waals surface area contributed by atoms with Crippen LogP contribution in [0.5, 0.6) is 23.0 Å². The first-order valence-corrected chi connectivity index (χ1v) is 5.96. The van der Waals surface area contributed by atoms with E-state index in [4.69, 9.17) is 18.8 Å². The summed E-state index contributed by atoms with van der Waals surface area (Å²) < 4.78 is 46.5. The average molecular weight is 293 g/mol. The molecule has 0 amide bonds. The molecule has 0 heterocycles. The third kappa shape index (κ3) is 3.78. The molecule has 2 aromatic rings. The monoisotopic (exact) mass is 293 g/mol. The van der Waals surface area contributed by atoms with Crippen LogP contribution in [0.15, 0.2) is 36.4 Å². The fraction of sp³-hybridized carbons (Fsp3) is 0.143. The first-order chi connectivity index (χ1) is 10.1. The Kier molecular flexibility index (Phi) is 4.87. The maximum absolute atomic E-state index is 13.0. The van der Waals surface area contributed by atoms with Crippen LogP contribution in [0.2, 0.25) is 0 Å². The van der Waals surface area contributed by atoms with Crippen LogP contribution in [-0.4, -0.2) is 21.9 Å². The maximum Gasteiger partial charge on any atom is 0.658 e. The van der Waals surface area contributed by atoms with E-state index in [0.29, 0.717) is 0 Å². The van der Waals surface area contributed by atoms with Gasteiger partial charge in [0.15, 0.2) is 11.5 Å². The second-order valence-corrected chi connectivity index (χ2v) is 3.92. The topological polar surface area (TPSA) is 36.9 Å². The van der Waals surface area contributed by atoms with Gasteiger partial charge in [0.25, 0.3) is 0 Å². The molecular formula is C14H12BF2O4. The highest BCUT2D eigenvalue weighted by Gasteiger charge is 2.11. The number of hydrogen-bond donors (Lipinski definition) is 0. The van der Waals surface area contributed by atoms with E-state index in [2.05, 4.69) is 0 Å². The van der Waals surface area contributed by atoms with Crippen molar-refractivity contribution in [2.24, 2.45) is 0 Å². The highest BCUT2D eigenvalue weighted by Crippen LogP contribution is 2.29. The third-order valence-electron chi connectivity index (χ3n) is 2.60. The van der Waals surface area contributed by atoms with Gasteiger partial charge in [-0.3, -0.25) is 0 Å². The van der Waals surface area contributed by atoms with Crippen LogP contribution >= 0.6 is 0 Å². The van der Waals surface area contributed by atoms with Crippen LogP contribution in [0, 0.1) is 11.6 Å². The summed E-state index contributed by atoms with van der Waals surface area (Å²) >= 11 is 0. The Bertz CT molecular complexity index is 568. The molecule has 2 aromatic carbocycles. The number of methoxy groups -OCH3 is 2. The van der Waals surface area contributed by atoms with Gasteiger partial charge in [-0.25, -0.2) is 8.78 Å². The Balaban J connectivity index is 2.02. The summed E-state index contributed by atoms with van der Waals surface area (Å²) in [5.74, 6) is 0.113. The van der Waals surface area contributed by atoms with E-state index in [1.807, 2.05) is 0 Å². The summed E-state index contributed by atoms with van der Waals surface area (Å²) in [6.45, 7) is 0. The summed E-state index contributed by atoms with van der Waals surface area (Å²) in [4.78, 5) is 0. The molecule has 0 N–H and O–H groups in total. The molecule has 21 heavy (non-hydrogen) atoms. The first-order valence-electron chi connectivity index (χ1n) is 5.96. The van der Waals surface area contributed by atoms with Gasteiger partial charge in [-0.2, -0.15) is 0 Å². The molecule has 1 radical (unpaired) electrons. The van der Waals surface area contributed by atoms with E-state index < -0.39 is 11.6 Å². The highest BCUT2D eigenvalue weighted by molar-refractivity contribution is 6.21. The summed E-state index contributed by atoms with van der Waals surface area (Å²) in [7, 11) is 3.81. The standard InChI is InChI=1S/C14H12BF2O4/c1-18-13-7-9(16)3-5-11(13)20-15-21-12-6-4-10(17)8-14(12)19-2/h3-8H,1-2H3. The zero-order chi connectivity index (χ0) is 15.2. The van der Waals surface area contributed by atoms with Crippen molar-refractivity contribution in [3.05, 3.63) is 48.0 Å². The average Bonchev–Trinajstić information content (AvgIpc) is 2.49. The number of ether oxygens (including phenoxy) is 2. The summed E-state index contributed by atoms with van der Waals surface area (Å²) in [5, 5.41) is 0. The molecule has 0 saturated carbocycles. The van der Waals surface area contributed by atoms with Gasteiger partial charge in [0, 0.05) is 12.1 Å². The lowest BCUT2D eigenvalue weighted by atomic mass is 10.2. The molecule has 0 aliphatic carbocycles. The minimum Gasteiger partial charge on any atom is -0.524 e. The van der Waals surface area contributed by atoms with Crippen LogP contribution in [0.1, 0.15) is 0 Å². The molecule has 109 valence electrons. The number of halogens is 2. The maximum atomic E-state index is 13.0. The Morgan fingerprint density at radius 3 is 1.52 bits per heavy atom. The normalized spacial score (nSPS) is 9.90.